The first-order valence-electron chi connectivity index (χ1n) is 11.1. The van der Waals surface area contributed by atoms with Gasteiger partial charge in [-0.1, -0.05) is 29.8 Å². The van der Waals surface area contributed by atoms with Crippen molar-refractivity contribution < 1.29 is 27.1 Å². The average molecular weight is 492 g/mol. The lowest BCUT2D eigenvalue weighted by Gasteiger charge is -2.35. The van der Waals surface area contributed by atoms with Crippen LogP contribution in [0.5, 0.6) is 0 Å². The summed E-state index contributed by atoms with van der Waals surface area (Å²) < 4.78 is 46.8. The van der Waals surface area contributed by atoms with Crippen LogP contribution in [0.25, 0.3) is 0 Å². The molecule has 34 heavy (non-hydrogen) atoms. The molecule has 0 saturated carbocycles. The van der Waals surface area contributed by atoms with Crippen molar-refractivity contribution in [2.75, 3.05) is 26.2 Å². The summed E-state index contributed by atoms with van der Waals surface area (Å²) in [5.41, 5.74) is 3.08. The molecule has 3 rings (SSSR count). The number of benzene rings is 2. The minimum Gasteiger partial charge on any atom is -0.360 e. The fourth-order valence-electron chi connectivity index (χ4n) is 4.11. The molecule has 8 nitrogen and oxygen atoms in total. The van der Waals surface area contributed by atoms with E-state index in [9.17, 15) is 22.4 Å². The Hall–Kier alpha value is -2.82. The van der Waals surface area contributed by atoms with Gasteiger partial charge in [0.2, 0.25) is 10.0 Å². The summed E-state index contributed by atoms with van der Waals surface area (Å²) >= 11 is 0. The van der Waals surface area contributed by atoms with E-state index in [2.05, 4.69) is 10.6 Å². The van der Waals surface area contributed by atoms with Crippen LogP contribution in [-0.4, -0.2) is 57.0 Å². The third kappa shape index (κ3) is 6.19. The van der Waals surface area contributed by atoms with Gasteiger partial charge >= 0.3 is 11.8 Å². The molecule has 10 heteroatoms. The van der Waals surface area contributed by atoms with Gasteiger partial charge in [-0.15, -0.1) is 0 Å². The van der Waals surface area contributed by atoms with Crippen molar-refractivity contribution >= 4 is 21.8 Å². The normalized spacial score (nSPS) is 16.8. The molecule has 1 fully saturated rings. The van der Waals surface area contributed by atoms with E-state index < -0.39 is 28.1 Å². The van der Waals surface area contributed by atoms with Gasteiger partial charge in [0.05, 0.1) is 18.0 Å². The minimum atomic E-state index is -3.88. The summed E-state index contributed by atoms with van der Waals surface area (Å²) in [5, 5.41) is 4.97. The van der Waals surface area contributed by atoms with Crippen LogP contribution in [0, 0.1) is 26.6 Å². The van der Waals surface area contributed by atoms with E-state index in [1.807, 2.05) is 19.1 Å². The summed E-state index contributed by atoms with van der Waals surface area (Å²) in [6, 6.07) is 9.50. The number of carbonyl (C=O) groups is 2. The van der Waals surface area contributed by atoms with E-state index in [-0.39, 0.29) is 30.3 Å². The number of amides is 2. The molecular formula is C24H30FN3O5S. The zero-order chi connectivity index (χ0) is 24.9. The number of hydrogen-bond donors (Lipinski definition) is 2. The first kappa shape index (κ1) is 25.8. The second-order valence-corrected chi connectivity index (χ2v) is 10.2. The van der Waals surface area contributed by atoms with E-state index >= 15 is 0 Å². The number of sulfonamides is 1. The fourth-order valence-corrected chi connectivity index (χ4v) is 6.09. The molecule has 0 radical (unpaired) electrons. The molecular weight excluding hydrogens is 461 g/mol. The van der Waals surface area contributed by atoms with Crippen molar-refractivity contribution in [2.45, 2.75) is 44.7 Å². The molecule has 2 aromatic carbocycles. The van der Waals surface area contributed by atoms with Gasteiger partial charge in [0.1, 0.15) is 12.0 Å². The Labute approximate surface area is 199 Å². The van der Waals surface area contributed by atoms with Gasteiger partial charge in [-0.05, 0) is 62.4 Å². The van der Waals surface area contributed by atoms with Crippen molar-refractivity contribution in [1.82, 2.24) is 14.9 Å². The number of halogens is 1. The molecule has 0 spiro atoms. The van der Waals surface area contributed by atoms with E-state index in [0.717, 1.165) is 11.1 Å². The highest BCUT2D eigenvalue weighted by molar-refractivity contribution is 7.89. The fraction of sp³-hybridized carbons (Fsp3) is 0.417. The quantitative estimate of drug-likeness (QED) is 0.577. The highest BCUT2D eigenvalue weighted by Crippen LogP contribution is 2.28. The van der Waals surface area contributed by atoms with Crippen LogP contribution in [-0.2, 0) is 30.8 Å². The van der Waals surface area contributed by atoms with Gasteiger partial charge in [0, 0.05) is 13.1 Å². The molecule has 2 amide bonds. The Morgan fingerprint density at radius 2 is 1.68 bits per heavy atom. The standard InChI is InChI=1S/C24H30FN3O5S/c1-16-13-17(2)22(18(3)14-16)34(31,32)28-11-4-12-33-21(28)15-27-24(30)23(29)26-10-9-19-5-7-20(25)8-6-19/h5-8,13-14,21H,4,9-12,15H2,1-3H3,(H,26,29)(H,27,30)/t21-/m1/s1. The minimum absolute atomic E-state index is 0.159. The maximum Gasteiger partial charge on any atom is 0.309 e. The van der Waals surface area contributed by atoms with Crippen LogP contribution in [0.2, 0.25) is 0 Å². The van der Waals surface area contributed by atoms with Gasteiger partial charge < -0.3 is 15.4 Å². The maximum atomic E-state index is 13.5. The maximum absolute atomic E-state index is 13.5. The Balaban J connectivity index is 1.60. The second kappa shape index (κ2) is 11.1. The molecule has 0 aromatic heterocycles. The number of rotatable bonds is 7. The van der Waals surface area contributed by atoms with E-state index in [1.54, 1.807) is 26.0 Å². The van der Waals surface area contributed by atoms with Crippen molar-refractivity contribution in [3.8, 4) is 0 Å². The average Bonchev–Trinajstić information content (AvgIpc) is 2.78. The Bertz CT molecular complexity index is 1130. The number of carbonyl (C=O) groups excluding carboxylic acids is 2. The highest BCUT2D eigenvalue weighted by Gasteiger charge is 2.36. The summed E-state index contributed by atoms with van der Waals surface area (Å²) in [6.07, 6.45) is 0.0407. The summed E-state index contributed by atoms with van der Waals surface area (Å²) in [5.74, 6) is -2.06. The number of nitrogens with zero attached hydrogens (tertiary/aromatic N) is 1. The van der Waals surface area contributed by atoms with Gasteiger partial charge in [0.25, 0.3) is 0 Å². The smallest absolute Gasteiger partial charge is 0.309 e. The van der Waals surface area contributed by atoms with Crippen molar-refractivity contribution in [3.05, 3.63) is 64.5 Å². The zero-order valence-corrected chi connectivity index (χ0v) is 20.4. The van der Waals surface area contributed by atoms with Crippen molar-refractivity contribution in [2.24, 2.45) is 0 Å². The van der Waals surface area contributed by atoms with Crippen molar-refractivity contribution in [1.29, 1.82) is 0 Å². The molecule has 184 valence electrons. The van der Waals surface area contributed by atoms with Gasteiger partial charge in [-0.2, -0.15) is 4.31 Å². The first-order chi connectivity index (χ1) is 16.1. The lowest BCUT2D eigenvalue weighted by atomic mass is 10.1. The predicted octanol–water partition coefficient (Wildman–Crippen LogP) is 1.96. The topological polar surface area (TPSA) is 105 Å². The van der Waals surface area contributed by atoms with Gasteiger partial charge in [-0.25, -0.2) is 12.8 Å². The van der Waals surface area contributed by atoms with E-state index in [0.29, 0.717) is 30.6 Å². The summed E-state index contributed by atoms with van der Waals surface area (Å²) in [4.78, 5) is 24.6. The molecule has 1 saturated heterocycles. The highest BCUT2D eigenvalue weighted by atomic mass is 32.2. The summed E-state index contributed by atoms with van der Waals surface area (Å²) in [6.45, 7) is 6.05. The Kier molecular flexibility index (Phi) is 8.40. The van der Waals surface area contributed by atoms with E-state index in [1.165, 1.54) is 16.4 Å². The molecule has 1 heterocycles. The predicted molar refractivity (Wildman–Crippen MR) is 125 cm³/mol. The zero-order valence-electron chi connectivity index (χ0n) is 19.6. The molecule has 1 aliphatic rings. The molecule has 0 aliphatic carbocycles. The van der Waals surface area contributed by atoms with Crippen LogP contribution < -0.4 is 10.6 Å². The third-order valence-corrected chi connectivity index (χ3v) is 7.78. The monoisotopic (exact) mass is 491 g/mol. The SMILES string of the molecule is Cc1cc(C)c(S(=O)(=O)N2CCCO[C@@H]2CNC(=O)C(=O)NCCc2ccc(F)cc2)c(C)c1. The molecule has 0 bridgehead atoms. The van der Waals surface area contributed by atoms with E-state index in [4.69, 9.17) is 4.74 Å². The van der Waals surface area contributed by atoms with Crippen LogP contribution >= 0.6 is 0 Å². The Morgan fingerprint density at radius 1 is 1.06 bits per heavy atom. The number of aryl methyl sites for hydroxylation is 3. The summed E-state index contributed by atoms with van der Waals surface area (Å²) in [7, 11) is -3.88. The van der Waals surface area contributed by atoms with Gasteiger partial charge in [0.15, 0.2) is 0 Å². The van der Waals surface area contributed by atoms with Crippen LogP contribution in [0.4, 0.5) is 4.39 Å². The number of ether oxygens (including phenoxy) is 1. The lowest BCUT2D eigenvalue weighted by Crippen LogP contribution is -2.53. The molecule has 2 aromatic rings. The number of hydrogen-bond acceptors (Lipinski definition) is 5. The molecule has 1 atom stereocenters. The van der Waals surface area contributed by atoms with Crippen LogP contribution in [0.15, 0.2) is 41.3 Å². The Morgan fingerprint density at radius 3 is 2.32 bits per heavy atom. The largest absolute Gasteiger partial charge is 0.360 e. The molecule has 2 N–H and O–H groups in total. The van der Waals surface area contributed by atoms with Gasteiger partial charge in [-0.3, -0.25) is 9.59 Å². The molecule has 0 unspecified atom stereocenters. The first-order valence-corrected chi connectivity index (χ1v) is 12.6. The lowest BCUT2D eigenvalue weighted by molar-refractivity contribution is -0.140. The van der Waals surface area contributed by atoms with Crippen molar-refractivity contribution in [3.63, 3.8) is 0 Å². The molecule has 1 aliphatic heterocycles. The van der Waals surface area contributed by atoms with Crippen LogP contribution in [0.1, 0.15) is 28.7 Å². The van der Waals surface area contributed by atoms with Crippen LogP contribution in [0.3, 0.4) is 0 Å². The second-order valence-electron chi connectivity index (χ2n) is 8.36. The third-order valence-electron chi connectivity index (χ3n) is 5.58. The number of nitrogens with one attached hydrogen (secondary N) is 2.